The van der Waals surface area contributed by atoms with Gasteiger partial charge in [-0.05, 0) is 24.3 Å². The molecule has 3 rings (SSSR count). The number of aromatic hydroxyl groups is 1. The Morgan fingerprint density at radius 1 is 1.30 bits per heavy atom. The Bertz CT molecular complexity index is 1100. The van der Waals surface area contributed by atoms with E-state index in [-0.39, 0.29) is 15.5 Å². The zero-order valence-corrected chi connectivity index (χ0v) is 16.2. The fourth-order valence-corrected chi connectivity index (χ4v) is 5.10. The van der Waals surface area contributed by atoms with Crippen LogP contribution in [0.1, 0.15) is 10.4 Å². The number of rotatable bonds is 5. The zero-order valence-electron chi connectivity index (χ0n) is 13.8. The van der Waals surface area contributed by atoms with Crippen molar-refractivity contribution in [2.75, 3.05) is 11.8 Å². The van der Waals surface area contributed by atoms with Gasteiger partial charge in [-0.3, -0.25) is 9.71 Å². The molecule has 2 heterocycles. The van der Waals surface area contributed by atoms with E-state index in [4.69, 9.17) is 11.6 Å². The summed E-state index contributed by atoms with van der Waals surface area (Å²) in [4.78, 5) is 15.5. The molecule has 0 saturated heterocycles. The number of carbonyl (C=O) groups excluding carboxylic acids is 1. The third-order valence-corrected chi connectivity index (χ3v) is 6.77. The van der Waals surface area contributed by atoms with Gasteiger partial charge >= 0.3 is 5.97 Å². The first-order valence-corrected chi connectivity index (χ1v) is 10.1. The maximum Gasteiger partial charge on any atom is 0.341 e. The van der Waals surface area contributed by atoms with Crippen LogP contribution in [-0.2, 0) is 14.8 Å². The van der Waals surface area contributed by atoms with Crippen LogP contribution in [-0.4, -0.2) is 31.6 Å². The van der Waals surface area contributed by atoms with Crippen molar-refractivity contribution >= 4 is 44.6 Å². The Kier molecular flexibility index (Phi) is 5.36. The predicted octanol–water partition coefficient (Wildman–Crippen LogP) is 3.76. The van der Waals surface area contributed by atoms with Gasteiger partial charge in [-0.1, -0.05) is 17.7 Å². The number of methoxy groups -OCH3 is 1. The summed E-state index contributed by atoms with van der Waals surface area (Å²) in [5.74, 6) is -1.13. The third kappa shape index (κ3) is 4.05. The van der Waals surface area contributed by atoms with Crippen LogP contribution in [0.25, 0.3) is 11.1 Å². The van der Waals surface area contributed by atoms with E-state index >= 15 is 0 Å². The first kappa shape index (κ1) is 19.2. The topological polar surface area (TPSA) is 106 Å². The second kappa shape index (κ2) is 7.55. The molecule has 0 aliphatic heterocycles. The van der Waals surface area contributed by atoms with Gasteiger partial charge in [0.05, 0.1) is 12.8 Å². The van der Waals surface area contributed by atoms with Gasteiger partial charge in [0, 0.05) is 29.6 Å². The molecule has 27 heavy (non-hydrogen) atoms. The van der Waals surface area contributed by atoms with Crippen molar-refractivity contribution in [1.82, 2.24) is 4.98 Å². The molecular formula is C17H13ClN2O5S2. The molecule has 0 aliphatic rings. The minimum Gasteiger partial charge on any atom is -0.507 e. The summed E-state index contributed by atoms with van der Waals surface area (Å²) in [5, 5.41) is 9.90. The highest BCUT2D eigenvalue weighted by Crippen LogP contribution is 2.38. The van der Waals surface area contributed by atoms with E-state index in [0.717, 1.165) is 17.4 Å². The standard InChI is InChI=1S/C17H13ClN2O5S2/c1-25-17(22)12-5-4-11(7-14(12)21)20-27(23,24)15-8-13(16(18)26-15)10-3-2-6-19-9-10/h2-9,20-21H,1H3. The van der Waals surface area contributed by atoms with Crippen molar-refractivity contribution in [1.29, 1.82) is 0 Å². The smallest absolute Gasteiger partial charge is 0.341 e. The Morgan fingerprint density at radius 3 is 2.70 bits per heavy atom. The molecule has 0 unspecified atom stereocenters. The van der Waals surface area contributed by atoms with E-state index in [0.29, 0.717) is 15.5 Å². The van der Waals surface area contributed by atoms with Crippen molar-refractivity contribution in [3.05, 3.63) is 58.7 Å². The molecule has 2 aromatic heterocycles. The molecule has 0 atom stereocenters. The van der Waals surface area contributed by atoms with E-state index in [1.165, 1.54) is 25.3 Å². The Hall–Kier alpha value is -2.62. The highest BCUT2D eigenvalue weighted by Gasteiger charge is 2.21. The molecule has 3 aromatic rings. The van der Waals surface area contributed by atoms with Gasteiger partial charge in [-0.2, -0.15) is 0 Å². The number of phenols is 1. The number of nitrogens with zero attached hydrogens (tertiary/aromatic N) is 1. The minimum atomic E-state index is -3.94. The van der Waals surface area contributed by atoms with E-state index in [1.54, 1.807) is 24.5 Å². The number of thiophene rings is 1. The molecule has 2 N–H and O–H groups in total. The number of sulfonamides is 1. The van der Waals surface area contributed by atoms with Crippen molar-refractivity contribution in [3.63, 3.8) is 0 Å². The van der Waals surface area contributed by atoms with Gasteiger partial charge in [0.2, 0.25) is 0 Å². The number of nitrogens with one attached hydrogen (secondary N) is 1. The monoisotopic (exact) mass is 424 g/mol. The van der Waals surface area contributed by atoms with Crippen LogP contribution >= 0.6 is 22.9 Å². The maximum absolute atomic E-state index is 12.6. The van der Waals surface area contributed by atoms with Gasteiger partial charge in [-0.25, -0.2) is 13.2 Å². The van der Waals surface area contributed by atoms with Crippen LogP contribution in [0.2, 0.25) is 4.34 Å². The molecule has 10 heteroatoms. The Morgan fingerprint density at radius 2 is 2.07 bits per heavy atom. The molecular weight excluding hydrogens is 412 g/mol. The van der Waals surface area contributed by atoms with E-state index in [1.807, 2.05) is 0 Å². The van der Waals surface area contributed by atoms with Crippen LogP contribution in [0, 0.1) is 0 Å². The zero-order chi connectivity index (χ0) is 19.6. The number of aromatic nitrogens is 1. The molecule has 0 radical (unpaired) electrons. The number of phenolic OH excluding ortho intramolecular Hbond substituents is 1. The number of benzene rings is 1. The normalized spacial score (nSPS) is 11.2. The summed E-state index contributed by atoms with van der Waals surface area (Å²) in [6.45, 7) is 0. The highest BCUT2D eigenvalue weighted by atomic mass is 35.5. The number of anilines is 1. The van der Waals surface area contributed by atoms with Crippen molar-refractivity contribution in [2.24, 2.45) is 0 Å². The van der Waals surface area contributed by atoms with E-state index in [9.17, 15) is 18.3 Å². The lowest BCUT2D eigenvalue weighted by Gasteiger charge is -2.08. The molecule has 0 saturated carbocycles. The lowest BCUT2D eigenvalue weighted by molar-refractivity contribution is 0.0597. The average Bonchev–Trinajstić information content (AvgIpc) is 3.04. The summed E-state index contributed by atoms with van der Waals surface area (Å²) < 4.78 is 32.5. The Balaban J connectivity index is 1.90. The summed E-state index contributed by atoms with van der Waals surface area (Å²) in [6, 6.07) is 8.69. The predicted molar refractivity (Wildman–Crippen MR) is 103 cm³/mol. The maximum atomic E-state index is 12.6. The number of halogens is 1. The molecule has 7 nitrogen and oxygen atoms in total. The van der Waals surface area contributed by atoms with Crippen LogP contribution in [0.4, 0.5) is 5.69 Å². The van der Waals surface area contributed by atoms with Gasteiger partial charge in [-0.15, -0.1) is 11.3 Å². The molecule has 0 fully saturated rings. The summed E-state index contributed by atoms with van der Waals surface area (Å²) >= 11 is 7.09. The van der Waals surface area contributed by atoms with Gasteiger partial charge in [0.15, 0.2) is 0 Å². The molecule has 0 amide bonds. The van der Waals surface area contributed by atoms with E-state index in [2.05, 4.69) is 14.4 Å². The Labute approximate surface area is 164 Å². The fraction of sp³-hybridized carbons (Fsp3) is 0.0588. The second-order valence-corrected chi connectivity index (χ2v) is 8.89. The van der Waals surface area contributed by atoms with Crippen molar-refractivity contribution in [2.45, 2.75) is 4.21 Å². The third-order valence-electron chi connectivity index (χ3n) is 3.56. The molecule has 0 spiro atoms. The summed E-state index contributed by atoms with van der Waals surface area (Å²) in [7, 11) is -2.76. The quantitative estimate of drug-likeness (QED) is 0.604. The molecule has 140 valence electrons. The van der Waals surface area contributed by atoms with Crippen LogP contribution in [0.15, 0.2) is 53.0 Å². The molecule has 1 aromatic carbocycles. The lowest BCUT2D eigenvalue weighted by Crippen LogP contribution is -2.11. The van der Waals surface area contributed by atoms with Crippen LogP contribution in [0.3, 0.4) is 0 Å². The summed E-state index contributed by atoms with van der Waals surface area (Å²) in [5.41, 5.74) is 1.27. The number of pyridine rings is 1. The minimum absolute atomic E-state index is 0.00267. The molecule has 0 bridgehead atoms. The first-order chi connectivity index (χ1) is 12.8. The SMILES string of the molecule is COC(=O)c1ccc(NS(=O)(=O)c2cc(-c3cccnc3)c(Cl)s2)cc1O. The molecule has 0 aliphatic carbocycles. The highest BCUT2D eigenvalue weighted by molar-refractivity contribution is 7.94. The van der Waals surface area contributed by atoms with Crippen LogP contribution < -0.4 is 4.72 Å². The first-order valence-electron chi connectivity index (χ1n) is 7.45. The van der Waals surface area contributed by atoms with Crippen molar-refractivity contribution in [3.8, 4) is 16.9 Å². The van der Waals surface area contributed by atoms with E-state index < -0.39 is 21.7 Å². The van der Waals surface area contributed by atoms with Gasteiger partial charge in [0.25, 0.3) is 10.0 Å². The number of hydrogen-bond donors (Lipinski definition) is 2. The van der Waals surface area contributed by atoms with Crippen LogP contribution in [0.5, 0.6) is 5.75 Å². The number of ether oxygens (including phenoxy) is 1. The summed E-state index contributed by atoms with van der Waals surface area (Å²) in [6.07, 6.45) is 3.19. The number of carbonyl (C=O) groups is 1. The van der Waals surface area contributed by atoms with Gasteiger partial charge in [0.1, 0.15) is 19.9 Å². The van der Waals surface area contributed by atoms with Gasteiger partial charge < -0.3 is 9.84 Å². The number of esters is 1. The average molecular weight is 425 g/mol. The largest absolute Gasteiger partial charge is 0.507 e. The number of hydrogen-bond acceptors (Lipinski definition) is 7. The van der Waals surface area contributed by atoms with Crippen molar-refractivity contribution < 1.29 is 23.1 Å². The lowest BCUT2D eigenvalue weighted by atomic mass is 10.2. The fourth-order valence-electron chi connectivity index (χ4n) is 2.28. The second-order valence-electron chi connectivity index (χ2n) is 5.32.